The van der Waals surface area contributed by atoms with Crippen molar-refractivity contribution < 1.29 is 41.5 Å². The minimum atomic E-state index is -4.91. The van der Waals surface area contributed by atoms with Gasteiger partial charge in [-0.2, -0.15) is 0 Å². The second kappa shape index (κ2) is 18.8. The highest BCUT2D eigenvalue weighted by Crippen LogP contribution is 2.44. The highest BCUT2D eigenvalue weighted by molar-refractivity contribution is 7.85. The largest absolute Gasteiger partial charge is 0.744 e. The van der Waals surface area contributed by atoms with E-state index in [9.17, 15) is 27.4 Å². The van der Waals surface area contributed by atoms with Gasteiger partial charge in [0.05, 0.1) is 22.3 Å². The summed E-state index contributed by atoms with van der Waals surface area (Å²) in [4.78, 5) is 39.8. The molecular weight excluding hydrogens is 809 g/mol. The minimum Gasteiger partial charge on any atom is -0.744 e. The summed E-state index contributed by atoms with van der Waals surface area (Å²) in [7, 11) is -4.91. The lowest BCUT2D eigenvalue weighted by molar-refractivity contribution is -0.403. The molecule has 62 heavy (non-hydrogen) atoms. The van der Waals surface area contributed by atoms with Crippen LogP contribution >= 0.6 is 0 Å². The van der Waals surface area contributed by atoms with Crippen molar-refractivity contribution in [3.63, 3.8) is 0 Å². The Bertz CT molecular complexity index is 2890. The van der Waals surface area contributed by atoms with Gasteiger partial charge >= 0.3 is 0 Å². The maximum absolute atomic E-state index is 12.7. The minimum absolute atomic E-state index is 0.105. The van der Waals surface area contributed by atoms with Gasteiger partial charge in [-0.25, -0.2) is 13.4 Å². The maximum Gasteiger partial charge on any atom is 0.221 e. The molecule has 15 heteroatoms. The van der Waals surface area contributed by atoms with Crippen molar-refractivity contribution in [2.45, 2.75) is 87.7 Å². The molecule has 3 amide bonds. The Kier molecular flexibility index (Phi) is 14.0. The van der Waals surface area contributed by atoms with E-state index < -0.39 is 10.1 Å². The molecule has 4 aromatic rings. The van der Waals surface area contributed by atoms with Crippen LogP contribution in [0, 0.1) is 47.0 Å². The lowest BCUT2D eigenvalue weighted by atomic mass is 9.93. The normalized spacial score (nSPS) is 11.5. The Morgan fingerprint density at radius 3 is 1.84 bits per heavy atom. The summed E-state index contributed by atoms with van der Waals surface area (Å²) in [5.41, 5.74) is 10.5. The molecule has 0 saturated heterocycles. The molecule has 14 nitrogen and oxygen atoms in total. The number of nitrogens with one attached hydrogen (secondary N) is 6. The number of amides is 3. The Hall–Kier alpha value is -6.84. The second-order valence-corrected chi connectivity index (χ2v) is 16.0. The number of ether oxygens (including phenoxy) is 1. The Balaban J connectivity index is 0.00000358. The van der Waals surface area contributed by atoms with Gasteiger partial charge in [-0.1, -0.05) is 32.0 Å². The molecule has 0 atom stereocenters. The lowest BCUT2D eigenvalue weighted by Gasteiger charge is -2.23. The second-order valence-electron chi connectivity index (χ2n) is 14.7. The van der Waals surface area contributed by atoms with Gasteiger partial charge in [0.1, 0.15) is 28.1 Å². The van der Waals surface area contributed by atoms with E-state index in [4.69, 9.17) is 14.6 Å². The third kappa shape index (κ3) is 9.38. The molecule has 0 fully saturated rings. The van der Waals surface area contributed by atoms with Crippen molar-refractivity contribution in [3.05, 3.63) is 105 Å². The SMILES string of the molecule is CC.CC(=O)Nc1c(C)c(COC=N)c(C)c(Nc2ccc3c(-c4ccccc4S(=O)(=O)[O-])c4ccc(=[NH+]c5c(C)c(NC(C)=O)c(C)c(NC(C)=O)c5C)cc-4oc3c2)c1C. The van der Waals surface area contributed by atoms with Crippen molar-refractivity contribution in [2.24, 2.45) is 0 Å². The first-order valence-corrected chi connectivity index (χ1v) is 21.4. The molecule has 1 heterocycles. The smallest absolute Gasteiger partial charge is 0.221 e. The van der Waals surface area contributed by atoms with E-state index in [-0.39, 0.29) is 34.8 Å². The fraction of sp³-hybridized carbons (Fsp3) is 0.255. The average molecular weight is 861 g/mol. The van der Waals surface area contributed by atoms with Gasteiger partial charge in [0.15, 0.2) is 6.40 Å². The molecule has 6 rings (SSSR count). The maximum atomic E-state index is 12.7. The van der Waals surface area contributed by atoms with Crippen LogP contribution in [0.15, 0.2) is 70.0 Å². The summed E-state index contributed by atoms with van der Waals surface area (Å²) in [6.07, 6.45) is 0.864. The molecule has 0 unspecified atom stereocenters. The molecule has 0 aromatic heterocycles. The number of hydrogen-bond acceptors (Lipinski definition) is 10. The van der Waals surface area contributed by atoms with Crippen molar-refractivity contribution in [1.82, 2.24) is 0 Å². The van der Waals surface area contributed by atoms with Gasteiger partial charge in [0.25, 0.3) is 0 Å². The van der Waals surface area contributed by atoms with E-state index in [0.29, 0.717) is 72.9 Å². The van der Waals surface area contributed by atoms with E-state index in [1.165, 1.54) is 32.9 Å². The summed E-state index contributed by atoms with van der Waals surface area (Å²) >= 11 is 0. The summed E-state index contributed by atoms with van der Waals surface area (Å²) < 4.78 is 50.0. The van der Waals surface area contributed by atoms with Gasteiger partial charge < -0.3 is 35.0 Å². The predicted octanol–water partition coefficient (Wildman–Crippen LogP) is 8.04. The van der Waals surface area contributed by atoms with Crippen molar-refractivity contribution in [1.29, 1.82) is 5.41 Å². The Morgan fingerprint density at radius 1 is 0.726 bits per heavy atom. The Labute approximate surface area is 361 Å². The highest BCUT2D eigenvalue weighted by atomic mass is 32.2. The number of carbonyl (C=O) groups excluding carboxylic acids is 3. The summed E-state index contributed by atoms with van der Waals surface area (Å²) in [6, 6.07) is 16.7. The quantitative estimate of drug-likeness (QED) is 0.0321. The fourth-order valence-electron chi connectivity index (χ4n) is 7.81. The van der Waals surface area contributed by atoms with E-state index >= 15 is 0 Å². The van der Waals surface area contributed by atoms with E-state index in [1.54, 1.807) is 42.5 Å². The van der Waals surface area contributed by atoms with Crippen molar-refractivity contribution in [3.8, 4) is 22.5 Å². The predicted molar refractivity (Wildman–Crippen MR) is 242 cm³/mol. The zero-order chi connectivity index (χ0) is 45.8. The molecule has 0 radical (unpaired) electrons. The van der Waals surface area contributed by atoms with E-state index in [1.807, 2.05) is 61.5 Å². The third-order valence-corrected chi connectivity index (χ3v) is 11.5. The highest BCUT2D eigenvalue weighted by Gasteiger charge is 2.25. The van der Waals surface area contributed by atoms with Gasteiger partial charge in [-0.05, 0) is 93.6 Å². The number of rotatable bonds is 11. The Morgan fingerprint density at radius 2 is 1.27 bits per heavy atom. The zero-order valence-corrected chi connectivity index (χ0v) is 37.5. The lowest BCUT2D eigenvalue weighted by Crippen LogP contribution is -2.71. The first-order chi connectivity index (χ1) is 29.3. The molecule has 6 N–H and O–H groups in total. The zero-order valence-electron chi connectivity index (χ0n) is 36.7. The van der Waals surface area contributed by atoms with Crippen LogP contribution in [0.3, 0.4) is 0 Å². The first kappa shape index (κ1) is 46.2. The van der Waals surface area contributed by atoms with Crippen LogP contribution in [0.5, 0.6) is 0 Å². The number of benzene rings is 5. The van der Waals surface area contributed by atoms with Crippen molar-refractivity contribution in [2.75, 3.05) is 21.3 Å². The van der Waals surface area contributed by atoms with Crippen LogP contribution in [-0.2, 0) is 35.8 Å². The molecule has 324 valence electrons. The number of hydrogen-bond donors (Lipinski definition) is 6. The van der Waals surface area contributed by atoms with Crippen LogP contribution in [0.2, 0.25) is 0 Å². The number of carbonyl (C=O) groups is 3. The number of anilines is 5. The third-order valence-electron chi connectivity index (χ3n) is 10.6. The van der Waals surface area contributed by atoms with Gasteiger partial charge in [0.2, 0.25) is 28.8 Å². The van der Waals surface area contributed by atoms with Crippen LogP contribution in [-0.4, -0.2) is 37.1 Å². The summed E-state index contributed by atoms with van der Waals surface area (Å²) in [6.45, 7) is 19.6. The average Bonchev–Trinajstić information content (AvgIpc) is 3.22. The van der Waals surface area contributed by atoms with Crippen LogP contribution in [0.1, 0.15) is 73.6 Å². The standard InChI is InChI=1S/C45H46N6O8S.C2H6/c1-22-36(20-58-21-46)23(2)42(24(3)41(22)47-28(7)52)50-31-14-16-33-37(18-31)59-38-19-32(15-17-34(38)40(33)35-12-10-11-13-39(35)60(55,56)57)51-45-26(5)43(48-29(8)53)25(4)44(27(45)6)49-30(9)54;1-2/h10-19,21,46,50H,20H2,1-9H3,(H,47,52)(H,48,53)(H,49,54)(H,55,56,57);1-2H3. The van der Waals surface area contributed by atoms with Gasteiger partial charge in [-0.3, -0.25) is 19.8 Å². The molecular formula is C47H52N6O8S. The molecule has 0 spiro atoms. The molecule has 1 aliphatic carbocycles. The van der Waals surface area contributed by atoms with Crippen LogP contribution in [0.25, 0.3) is 33.4 Å². The first-order valence-electron chi connectivity index (χ1n) is 19.9. The van der Waals surface area contributed by atoms with Gasteiger partial charge in [0, 0.05) is 83.2 Å². The summed E-state index contributed by atoms with van der Waals surface area (Å²) in [5, 5.41) is 20.7. The van der Waals surface area contributed by atoms with Crippen LogP contribution in [0.4, 0.5) is 34.1 Å². The molecule has 1 aliphatic heterocycles. The monoisotopic (exact) mass is 860 g/mol. The van der Waals surface area contributed by atoms with Gasteiger partial charge in [-0.15, -0.1) is 0 Å². The molecule has 0 bridgehead atoms. The fourth-order valence-corrected chi connectivity index (χ4v) is 8.50. The van der Waals surface area contributed by atoms with Crippen LogP contribution < -0.4 is 31.6 Å². The molecule has 2 aliphatic rings. The summed E-state index contributed by atoms with van der Waals surface area (Å²) in [5.74, 6) is -0.449. The topological polar surface area (TPSA) is 217 Å². The molecule has 0 saturated carbocycles. The van der Waals surface area contributed by atoms with E-state index in [2.05, 4.69) is 26.3 Å². The van der Waals surface area contributed by atoms with Crippen molar-refractivity contribution >= 4 is 79.3 Å². The van der Waals surface area contributed by atoms with E-state index in [0.717, 1.165) is 39.8 Å². The number of fused-ring (bicyclic) bond motifs is 2. The molecule has 4 aromatic carbocycles.